The summed E-state index contributed by atoms with van der Waals surface area (Å²) in [7, 11) is 0. The first-order chi connectivity index (χ1) is 9.66. The number of nitrogens with two attached hydrogens (primary N) is 1. The van der Waals surface area contributed by atoms with Crippen molar-refractivity contribution in [1.29, 1.82) is 0 Å². The number of nitrogens with zero attached hydrogens (tertiary/aromatic N) is 3. The Bertz CT molecular complexity index is 750. The van der Waals surface area contributed by atoms with Crippen molar-refractivity contribution in [1.82, 2.24) is 14.8 Å². The Kier molecular flexibility index (Phi) is 3.16. The summed E-state index contributed by atoms with van der Waals surface area (Å²) in [5.41, 5.74) is 8.20. The van der Waals surface area contributed by atoms with Gasteiger partial charge >= 0.3 is 0 Å². The topological polar surface area (TPSA) is 56.7 Å². The predicted molar refractivity (Wildman–Crippen MR) is 81.0 cm³/mol. The molecule has 1 heterocycles. The highest BCUT2D eigenvalue weighted by molar-refractivity contribution is 6.33. The Morgan fingerprint density at radius 3 is 2.50 bits per heavy atom. The standard InChI is InChI=1S/C15H13ClN4/c1-10-18-19-15(11-7-8-14(17)13(16)9-11)20(10)12-5-3-2-4-6-12/h2-9H,17H2,1H3. The quantitative estimate of drug-likeness (QED) is 0.733. The number of hydrogen-bond acceptors (Lipinski definition) is 3. The van der Waals surface area contributed by atoms with Gasteiger partial charge in [0.25, 0.3) is 0 Å². The van der Waals surface area contributed by atoms with Gasteiger partial charge in [0.1, 0.15) is 5.82 Å². The van der Waals surface area contributed by atoms with E-state index in [1.54, 1.807) is 12.1 Å². The molecule has 2 N–H and O–H groups in total. The van der Waals surface area contributed by atoms with Crippen LogP contribution in [0, 0.1) is 6.92 Å². The molecule has 0 aliphatic rings. The predicted octanol–water partition coefficient (Wildman–Crippen LogP) is 3.48. The van der Waals surface area contributed by atoms with Crippen molar-refractivity contribution in [2.24, 2.45) is 0 Å². The maximum absolute atomic E-state index is 6.09. The zero-order valence-electron chi connectivity index (χ0n) is 10.9. The van der Waals surface area contributed by atoms with Crippen LogP contribution in [0.5, 0.6) is 0 Å². The first-order valence-corrected chi connectivity index (χ1v) is 6.57. The zero-order chi connectivity index (χ0) is 14.1. The van der Waals surface area contributed by atoms with Gasteiger partial charge in [0.15, 0.2) is 5.82 Å². The summed E-state index contributed by atoms with van der Waals surface area (Å²) in [5.74, 6) is 1.56. The smallest absolute Gasteiger partial charge is 0.168 e. The molecule has 0 atom stereocenters. The Labute approximate surface area is 121 Å². The number of hydrogen-bond donors (Lipinski definition) is 1. The van der Waals surface area contributed by atoms with E-state index in [9.17, 15) is 0 Å². The van der Waals surface area contributed by atoms with Gasteiger partial charge in [-0.1, -0.05) is 29.8 Å². The largest absolute Gasteiger partial charge is 0.398 e. The normalized spacial score (nSPS) is 10.7. The van der Waals surface area contributed by atoms with Crippen molar-refractivity contribution in [2.45, 2.75) is 6.92 Å². The summed E-state index contributed by atoms with van der Waals surface area (Å²) in [4.78, 5) is 0. The Hall–Kier alpha value is -2.33. The highest BCUT2D eigenvalue weighted by Gasteiger charge is 2.13. The van der Waals surface area contributed by atoms with E-state index >= 15 is 0 Å². The minimum absolute atomic E-state index is 0.516. The molecule has 100 valence electrons. The number of nitrogen functional groups attached to an aromatic ring is 1. The minimum Gasteiger partial charge on any atom is -0.398 e. The molecule has 0 aliphatic carbocycles. The van der Waals surface area contributed by atoms with E-state index in [0.717, 1.165) is 22.9 Å². The summed E-state index contributed by atoms with van der Waals surface area (Å²) in [6.45, 7) is 1.92. The van der Waals surface area contributed by atoms with E-state index in [1.165, 1.54) is 0 Å². The van der Waals surface area contributed by atoms with Crippen molar-refractivity contribution < 1.29 is 0 Å². The van der Waals surface area contributed by atoms with Crippen LogP contribution in [0.3, 0.4) is 0 Å². The van der Waals surface area contributed by atoms with Gasteiger partial charge in [-0.25, -0.2) is 0 Å². The summed E-state index contributed by atoms with van der Waals surface area (Å²) in [6.07, 6.45) is 0. The highest BCUT2D eigenvalue weighted by atomic mass is 35.5. The SMILES string of the molecule is Cc1nnc(-c2ccc(N)c(Cl)c2)n1-c1ccccc1. The fraction of sp³-hybridized carbons (Fsp3) is 0.0667. The molecule has 0 radical (unpaired) electrons. The monoisotopic (exact) mass is 284 g/mol. The van der Waals surface area contributed by atoms with Crippen molar-refractivity contribution >= 4 is 17.3 Å². The van der Waals surface area contributed by atoms with Crippen LogP contribution in [0.2, 0.25) is 5.02 Å². The van der Waals surface area contributed by atoms with Crippen LogP contribution >= 0.6 is 11.6 Å². The van der Waals surface area contributed by atoms with Crippen molar-refractivity contribution in [3.63, 3.8) is 0 Å². The third-order valence-electron chi connectivity index (χ3n) is 3.10. The third kappa shape index (κ3) is 2.14. The van der Waals surface area contributed by atoms with Crippen LogP contribution in [0.1, 0.15) is 5.82 Å². The molecule has 3 rings (SSSR count). The fourth-order valence-electron chi connectivity index (χ4n) is 2.10. The molecule has 5 heteroatoms. The molecule has 0 saturated carbocycles. The number of halogens is 1. The van der Waals surface area contributed by atoms with Gasteiger partial charge in [0.05, 0.1) is 10.7 Å². The number of anilines is 1. The lowest BCUT2D eigenvalue weighted by molar-refractivity contribution is 0.972. The van der Waals surface area contributed by atoms with E-state index in [0.29, 0.717) is 10.7 Å². The summed E-state index contributed by atoms with van der Waals surface area (Å²) < 4.78 is 1.99. The summed E-state index contributed by atoms with van der Waals surface area (Å²) in [6, 6.07) is 15.4. The lowest BCUT2D eigenvalue weighted by Crippen LogP contribution is -1.99. The molecule has 4 nitrogen and oxygen atoms in total. The van der Waals surface area contributed by atoms with Gasteiger partial charge in [-0.3, -0.25) is 4.57 Å². The zero-order valence-corrected chi connectivity index (χ0v) is 11.7. The lowest BCUT2D eigenvalue weighted by Gasteiger charge is -2.09. The van der Waals surface area contributed by atoms with E-state index in [2.05, 4.69) is 10.2 Å². The Balaban J connectivity index is 2.18. The summed E-state index contributed by atoms with van der Waals surface area (Å²) in [5, 5.41) is 8.92. The average molecular weight is 285 g/mol. The third-order valence-corrected chi connectivity index (χ3v) is 3.43. The second-order valence-corrected chi connectivity index (χ2v) is 4.89. The van der Waals surface area contributed by atoms with Gasteiger partial charge in [0.2, 0.25) is 0 Å². The van der Waals surface area contributed by atoms with E-state index in [-0.39, 0.29) is 0 Å². The Morgan fingerprint density at radius 2 is 1.80 bits per heavy atom. The van der Waals surface area contributed by atoms with E-state index in [1.807, 2.05) is 47.9 Å². The highest BCUT2D eigenvalue weighted by Crippen LogP contribution is 2.28. The second kappa shape index (κ2) is 4.98. The average Bonchev–Trinajstić information content (AvgIpc) is 2.85. The number of aryl methyl sites for hydroxylation is 1. The number of para-hydroxylation sites is 1. The van der Waals surface area contributed by atoms with Crippen molar-refractivity contribution in [3.8, 4) is 17.1 Å². The molecule has 0 amide bonds. The van der Waals surface area contributed by atoms with Gasteiger partial charge < -0.3 is 5.73 Å². The maximum Gasteiger partial charge on any atom is 0.168 e. The molecule has 20 heavy (non-hydrogen) atoms. The molecule has 0 spiro atoms. The van der Waals surface area contributed by atoms with Crippen LogP contribution in [-0.4, -0.2) is 14.8 Å². The van der Waals surface area contributed by atoms with E-state index < -0.39 is 0 Å². The van der Waals surface area contributed by atoms with Crippen LogP contribution in [0.25, 0.3) is 17.1 Å². The number of rotatable bonds is 2. The van der Waals surface area contributed by atoms with Gasteiger partial charge in [-0.15, -0.1) is 10.2 Å². The molecular weight excluding hydrogens is 272 g/mol. The number of aromatic nitrogens is 3. The van der Waals surface area contributed by atoms with Gasteiger partial charge in [-0.05, 0) is 37.3 Å². The molecule has 0 saturated heterocycles. The molecule has 0 unspecified atom stereocenters. The Morgan fingerprint density at radius 1 is 1.05 bits per heavy atom. The first-order valence-electron chi connectivity index (χ1n) is 6.19. The molecular formula is C15H13ClN4. The lowest BCUT2D eigenvalue weighted by atomic mass is 10.2. The van der Waals surface area contributed by atoms with Crippen LogP contribution in [0.15, 0.2) is 48.5 Å². The second-order valence-electron chi connectivity index (χ2n) is 4.48. The first kappa shape index (κ1) is 12.7. The number of benzene rings is 2. The molecule has 3 aromatic rings. The van der Waals surface area contributed by atoms with Crippen LogP contribution in [0.4, 0.5) is 5.69 Å². The molecule has 0 aliphatic heterocycles. The van der Waals surface area contributed by atoms with Crippen molar-refractivity contribution in [2.75, 3.05) is 5.73 Å². The molecule has 1 aromatic heterocycles. The van der Waals surface area contributed by atoms with E-state index in [4.69, 9.17) is 17.3 Å². The molecule has 0 bridgehead atoms. The van der Waals surface area contributed by atoms with Crippen molar-refractivity contribution in [3.05, 3.63) is 59.4 Å². The molecule has 0 fully saturated rings. The van der Waals surface area contributed by atoms with Crippen LogP contribution < -0.4 is 5.73 Å². The van der Waals surface area contributed by atoms with Crippen LogP contribution in [-0.2, 0) is 0 Å². The fourth-order valence-corrected chi connectivity index (χ4v) is 2.28. The minimum atomic E-state index is 0.516. The van der Waals surface area contributed by atoms with Gasteiger partial charge in [0, 0.05) is 11.3 Å². The maximum atomic E-state index is 6.09. The summed E-state index contributed by atoms with van der Waals surface area (Å²) >= 11 is 6.09. The molecule has 2 aromatic carbocycles. The van der Waals surface area contributed by atoms with Gasteiger partial charge in [-0.2, -0.15) is 0 Å².